The lowest BCUT2D eigenvalue weighted by Gasteiger charge is -2.40. The van der Waals surface area contributed by atoms with Gasteiger partial charge in [0.25, 0.3) is 17.7 Å². The maximum Gasteiger partial charge on any atom is 0.262 e. The number of hydrogen-bond acceptors (Lipinski definition) is 9. The third-order valence-electron chi connectivity index (χ3n) is 13.5. The quantitative estimate of drug-likeness (QED) is 0.265. The van der Waals surface area contributed by atoms with Crippen molar-refractivity contribution in [3.8, 4) is 0 Å². The number of carbonyl (C=O) groups excluding carboxylic acids is 5. The van der Waals surface area contributed by atoms with Crippen LogP contribution in [0, 0.1) is 12.0 Å². The summed E-state index contributed by atoms with van der Waals surface area (Å²) in [6.07, 6.45) is 4.47. The van der Waals surface area contributed by atoms with Gasteiger partial charge in [-0.2, -0.15) is 0 Å². The molecule has 5 saturated heterocycles. The van der Waals surface area contributed by atoms with Crippen LogP contribution in [0.2, 0.25) is 5.02 Å². The minimum atomic E-state index is -0.985. The van der Waals surface area contributed by atoms with E-state index in [0.29, 0.717) is 28.9 Å². The van der Waals surface area contributed by atoms with Gasteiger partial charge in [-0.05, 0) is 99.0 Å². The van der Waals surface area contributed by atoms with E-state index in [1.807, 2.05) is 41.3 Å². The molecule has 0 bridgehead atoms. The van der Waals surface area contributed by atoms with Crippen LogP contribution in [0.5, 0.6) is 0 Å². The number of nitrogens with one attached hydrogen (secondary N) is 1. The van der Waals surface area contributed by atoms with Crippen molar-refractivity contribution in [2.45, 2.75) is 63.6 Å². The molecule has 0 radical (unpaired) electrons. The number of imide groups is 2. The van der Waals surface area contributed by atoms with Gasteiger partial charge in [0.2, 0.25) is 17.5 Å². The fourth-order valence-corrected chi connectivity index (χ4v) is 10.5. The molecule has 3 atom stereocenters. The number of hydrogen-bond donors (Lipinski definition) is 1. The molecule has 0 aromatic heterocycles. The van der Waals surface area contributed by atoms with Gasteiger partial charge < -0.3 is 19.6 Å². The first-order valence-electron chi connectivity index (χ1n) is 20.4. The second-order valence-electron chi connectivity index (χ2n) is 16.9. The summed E-state index contributed by atoms with van der Waals surface area (Å²) >= 11 is 6.39. The number of rotatable bonds is 6. The Labute approximate surface area is 343 Å². The van der Waals surface area contributed by atoms with Crippen molar-refractivity contribution in [1.29, 1.82) is 0 Å². The summed E-state index contributed by atoms with van der Waals surface area (Å²) in [5, 5.41) is 2.75. The molecule has 5 fully saturated rings. The van der Waals surface area contributed by atoms with E-state index in [1.54, 1.807) is 12.1 Å². The highest BCUT2D eigenvalue weighted by Gasteiger charge is 2.46. The van der Waals surface area contributed by atoms with Gasteiger partial charge in [-0.15, -0.1) is 0 Å². The number of piperidine rings is 2. The van der Waals surface area contributed by atoms with Crippen LogP contribution in [0.3, 0.4) is 0 Å². The van der Waals surface area contributed by atoms with E-state index in [2.05, 4.69) is 48.8 Å². The van der Waals surface area contributed by atoms with Gasteiger partial charge in [-0.1, -0.05) is 17.7 Å². The molecule has 6 aliphatic rings. The van der Waals surface area contributed by atoms with Gasteiger partial charge in [0.15, 0.2) is 0 Å². The first kappa shape index (κ1) is 38.1. The van der Waals surface area contributed by atoms with Crippen LogP contribution in [0.25, 0.3) is 4.85 Å². The summed E-state index contributed by atoms with van der Waals surface area (Å²) in [5.74, 6) is -1.95. The van der Waals surface area contributed by atoms with E-state index < -0.39 is 29.7 Å². The molecule has 3 aromatic rings. The van der Waals surface area contributed by atoms with Crippen LogP contribution >= 0.6 is 11.6 Å². The van der Waals surface area contributed by atoms with Gasteiger partial charge >= 0.3 is 0 Å². The van der Waals surface area contributed by atoms with Crippen molar-refractivity contribution < 1.29 is 24.0 Å². The Morgan fingerprint density at radius 1 is 0.810 bits per heavy atom. The molecule has 6 heterocycles. The largest absolute Gasteiger partial charge is 0.371 e. The topological polar surface area (TPSA) is 121 Å². The van der Waals surface area contributed by atoms with E-state index in [9.17, 15) is 24.0 Å². The fraction of sp³-hybridized carbons (Fsp3) is 0.455. The first-order valence-corrected chi connectivity index (χ1v) is 20.8. The average molecular weight is 803 g/mol. The monoisotopic (exact) mass is 802 g/mol. The zero-order valence-electron chi connectivity index (χ0n) is 32.7. The van der Waals surface area contributed by atoms with Crippen LogP contribution in [0.1, 0.15) is 76.5 Å². The maximum atomic E-state index is 13.7. The van der Waals surface area contributed by atoms with Crippen molar-refractivity contribution in [3.63, 3.8) is 0 Å². The highest BCUT2D eigenvalue weighted by molar-refractivity contribution is 6.33. The van der Waals surface area contributed by atoms with E-state index in [0.717, 1.165) is 100 Å². The van der Waals surface area contributed by atoms with Crippen molar-refractivity contribution in [2.24, 2.45) is 5.41 Å². The molecule has 300 valence electrons. The molecule has 5 amide bonds. The molecule has 13 nitrogen and oxygen atoms in total. The minimum Gasteiger partial charge on any atom is -0.371 e. The van der Waals surface area contributed by atoms with Gasteiger partial charge in [-0.25, -0.2) is 4.85 Å². The van der Waals surface area contributed by atoms with E-state index in [4.69, 9.17) is 18.2 Å². The summed E-state index contributed by atoms with van der Waals surface area (Å²) in [6, 6.07) is 18.9. The SMILES string of the molecule is [C-]#[N+]c1ccc(N2CC3(CCN(c4ccc(C(=O)N5CC[C@@H](N6CCN(c7ccc8c(c7)C(=O)N(C7CCC(=O)NC7=O)C8=O)CC6)C5)cc4)CC3)C[C@@H]2C)cc1Cl. The Hall–Kier alpha value is -5.45. The molecular formula is C44H47ClN8O5. The fourth-order valence-electron chi connectivity index (χ4n) is 10.3. The smallest absolute Gasteiger partial charge is 0.262 e. The molecular weight excluding hydrogens is 756 g/mol. The predicted octanol–water partition coefficient (Wildman–Crippen LogP) is 5.21. The number of benzene rings is 3. The van der Waals surface area contributed by atoms with Gasteiger partial charge in [0.05, 0.1) is 17.7 Å². The summed E-state index contributed by atoms with van der Waals surface area (Å²) in [7, 11) is 0. The van der Waals surface area contributed by atoms with Gasteiger partial charge in [0.1, 0.15) is 6.04 Å². The lowest BCUT2D eigenvalue weighted by Crippen LogP contribution is -2.54. The van der Waals surface area contributed by atoms with Crippen LogP contribution < -0.4 is 20.0 Å². The zero-order chi connectivity index (χ0) is 40.3. The van der Waals surface area contributed by atoms with Gasteiger partial charge in [-0.3, -0.25) is 39.1 Å². The molecule has 14 heteroatoms. The standard InChI is InChI=1S/C44H47ClN8O5/c1-28-25-44(27-52(28)32-8-10-37(46-2)36(45)24-32)14-17-48(18-15-44)30-5-3-29(4-6-30)41(56)51-16-13-33(26-51)50-21-19-49(20-22-50)31-7-9-34-35(23-31)43(58)53(42(34)57)38-11-12-39(54)47-40(38)55/h3-10,23-24,28,33,38H,11-22,25-27H2,1H3,(H,47,54,55)/t28-,33+,38?/m0/s1. The van der Waals surface area contributed by atoms with Crippen LogP contribution in [0.15, 0.2) is 60.7 Å². The third-order valence-corrected chi connectivity index (χ3v) is 13.8. The zero-order valence-corrected chi connectivity index (χ0v) is 33.4. The maximum absolute atomic E-state index is 13.7. The lowest BCUT2D eigenvalue weighted by atomic mass is 9.76. The molecule has 6 aliphatic heterocycles. The lowest BCUT2D eigenvalue weighted by molar-refractivity contribution is -0.136. The Bertz CT molecular complexity index is 2220. The highest BCUT2D eigenvalue weighted by Crippen LogP contribution is 2.46. The van der Waals surface area contributed by atoms with E-state index >= 15 is 0 Å². The molecule has 0 saturated carbocycles. The number of halogens is 1. The van der Waals surface area contributed by atoms with Crippen molar-refractivity contribution in [1.82, 2.24) is 20.0 Å². The Kier molecular flexibility index (Phi) is 9.88. The van der Waals surface area contributed by atoms with Crippen molar-refractivity contribution >= 4 is 63.9 Å². The van der Waals surface area contributed by atoms with Crippen LogP contribution in [0.4, 0.5) is 22.7 Å². The first-order chi connectivity index (χ1) is 28.0. The van der Waals surface area contributed by atoms with Crippen LogP contribution in [-0.2, 0) is 9.59 Å². The van der Waals surface area contributed by atoms with E-state index in [1.165, 1.54) is 0 Å². The number of amides is 5. The average Bonchev–Trinajstić information content (AvgIpc) is 3.92. The second kappa shape index (κ2) is 15.1. The van der Waals surface area contributed by atoms with Crippen LogP contribution in [-0.4, -0.2) is 121 Å². The van der Waals surface area contributed by atoms with Crippen molar-refractivity contribution in [2.75, 3.05) is 73.6 Å². The summed E-state index contributed by atoms with van der Waals surface area (Å²) < 4.78 is 0. The number of nitrogens with zero attached hydrogens (tertiary/aromatic N) is 7. The summed E-state index contributed by atoms with van der Waals surface area (Å²) in [6.45, 7) is 17.0. The molecule has 58 heavy (non-hydrogen) atoms. The Morgan fingerprint density at radius 2 is 1.50 bits per heavy atom. The molecule has 9 rings (SSSR count). The van der Waals surface area contributed by atoms with E-state index in [-0.39, 0.29) is 41.3 Å². The predicted molar refractivity (Wildman–Crippen MR) is 221 cm³/mol. The summed E-state index contributed by atoms with van der Waals surface area (Å²) in [5.41, 5.74) is 5.12. The normalized spacial score (nSPS) is 24.8. The van der Waals surface area contributed by atoms with Gasteiger partial charge in [0, 0.05) is 105 Å². The molecule has 0 aliphatic carbocycles. The number of likely N-dealkylation sites (tertiary alicyclic amines) is 1. The minimum absolute atomic E-state index is 0.0681. The Balaban J connectivity index is 0.754. The Morgan fingerprint density at radius 3 is 2.21 bits per heavy atom. The number of anilines is 3. The number of piperazine rings is 1. The third kappa shape index (κ3) is 6.86. The van der Waals surface area contributed by atoms with Crippen molar-refractivity contribution in [3.05, 3.63) is 93.8 Å². The molecule has 1 N–H and O–H groups in total. The summed E-state index contributed by atoms with van der Waals surface area (Å²) in [4.78, 5) is 80.3. The second-order valence-corrected chi connectivity index (χ2v) is 17.3. The number of carbonyl (C=O) groups is 5. The molecule has 1 unspecified atom stereocenters. The molecule has 1 spiro atoms. The highest BCUT2D eigenvalue weighted by atomic mass is 35.5. The number of fused-ring (bicyclic) bond motifs is 1. The molecule has 3 aromatic carbocycles.